The Kier molecular flexibility index (Phi) is 41.4. The molecule has 1 aliphatic rings. The second-order valence-electron chi connectivity index (χ2n) is 18.7. The molecule has 0 aromatic rings. The molecule has 69 heavy (non-hydrogen) atoms. The van der Waals surface area contributed by atoms with Crippen molar-refractivity contribution in [3.8, 4) is 0 Å². The van der Waals surface area contributed by atoms with Crippen molar-refractivity contribution < 1.29 is 63.1 Å². The van der Waals surface area contributed by atoms with Crippen molar-refractivity contribution in [3.63, 3.8) is 0 Å². The van der Waals surface area contributed by atoms with Crippen LogP contribution < -0.4 is 0 Å². The molecule has 0 saturated heterocycles. The van der Waals surface area contributed by atoms with Crippen molar-refractivity contribution in [2.24, 2.45) is 0 Å². The number of carbonyl (C=O) groups is 2. The second kappa shape index (κ2) is 44.3. The van der Waals surface area contributed by atoms with Crippen LogP contribution in [0.4, 0.5) is 0 Å². The van der Waals surface area contributed by atoms with E-state index >= 15 is 0 Å². The number of aliphatic hydroxyl groups is 5. The molecule has 400 valence electrons. The zero-order valence-electron chi connectivity index (χ0n) is 42.8. The Morgan fingerprint density at radius 1 is 0.449 bits per heavy atom. The first-order valence-corrected chi connectivity index (χ1v) is 28.6. The number of rotatable bonds is 45. The molecule has 13 nitrogen and oxygen atoms in total. The SMILES string of the molecule is CCC/C=C/C/C=C/C/C=C/C/C=C/CCCCCC(=O)OC[C@H](COP(=O)(O)OC1C(O)C(O)C(O)[C@@H](O)C1O)OC(=O)CCC/C=C/CCCCCCCCCCCCCCCCCCCC. The van der Waals surface area contributed by atoms with Crippen LogP contribution in [0.1, 0.15) is 219 Å². The summed E-state index contributed by atoms with van der Waals surface area (Å²) in [7, 11) is -5.14. The van der Waals surface area contributed by atoms with E-state index < -0.39 is 75.7 Å². The van der Waals surface area contributed by atoms with Crippen LogP contribution in [0.3, 0.4) is 0 Å². The lowest BCUT2D eigenvalue weighted by Crippen LogP contribution is -2.64. The smallest absolute Gasteiger partial charge is 0.462 e. The van der Waals surface area contributed by atoms with Gasteiger partial charge in [0.1, 0.15) is 43.2 Å². The van der Waals surface area contributed by atoms with Crippen LogP contribution in [-0.4, -0.2) is 98.3 Å². The molecule has 0 spiro atoms. The number of unbranched alkanes of at least 4 members (excludes halogenated alkanes) is 23. The van der Waals surface area contributed by atoms with Gasteiger partial charge in [0.25, 0.3) is 0 Å². The van der Waals surface area contributed by atoms with E-state index in [-0.39, 0.29) is 12.8 Å². The summed E-state index contributed by atoms with van der Waals surface area (Å²) in [5, 5.41) is 50.3. The average molecular weight is 997 g/mol. The molecule has 6 unspecified atom stereocenters. The molecule has 14 heteroatoms. The van der Waals surface area contributed by atoms with Gasteiger partial charge in [-0.1, -0.05) is 197 Å². The number of phosphoric acid groups is 1. The van der Waals surface area contributed by atoms with Crippen molar-refractivity contribution >= 4 is 19.8 Å². The third-order valence-electron chi connectivity index (χ3n) is 12.3. The van der Waals surface area contributed by atoms with Crippen molar-refractivity contribution in [3.05, 3.63) is 60.8 Å². The summed E-state index contributed by atoms with van der Waals surface area (Å²) in [5.74, 6) is -1.17. The molecular weight excluding hydrogens is 900 g/mol. The Bertz CT molecular complexity index is 1430. The fraction of sp³-hybridized carbons (Fsp3) is 0.782. The zero-order chi connectivity index (χ0) is 50.6. The molecule has 1 rings (SSSR count). The number of esters is 2. The van der Waals surface area contributed by atoms with Gasteiger partial charge in [0.15, 0.2) is 6.10 Å². The molecule has 1 fully saturated rings. The minimum Gasteiger partial charge on any atom is -0.462 e. The molecule has 0 amide bonds. The number of hydrogen-bond acceptors (Lipinski definition) is 12. The van der Waals surface area contributed by atoms with E-state index in [9.17, 15) is 44.6 Å². The van der Waals surface area contributed by atoms with Crippen LogP contribution in [0.25, 0.3) is 0 Å². The lowest BCUT2D eigenvalue weighted by Gasteiger charge is -2.41. The normalized spacial score (nSPS) is 21.3. The van der Waals surface area contributed by atoms with Gasteiger partial charge in [-0.3, -0.25) is 18.6 Å². The molecule has 1 saturated carbocycles. The fourth-order valence-corrected chi connectivity index (χ4v) is 8.96. The van der Waals surface area contributed by atoms with Gasteiger partial charge >= 0.3 is 19.8 Å². The highest BCUT2D eigenvalue weighted by Crippen LogP contribution is 2.47. The maximum Gasteiger partial charge on any atom is 0.472 e. The Morgan fingerprint density at radius 2 is 0.826 bits per heavy atom. The summed E-state index contributed by atoms with van der Waals surface area (Å²) in [6.45, 7) is 3.21. The lowest BCUT2D eigenvalue weighted by atomic mass is 9.85. The lowest BCUT2D eigenvalue weighted by molar-refractivity contribution is -0.220. The molecule has 0 aromatic heterocycles. The minimum atomic E-state index is -5.14. The second-order valence-corrected chi connectivity index (χ2v) is 20.1. The number of phosphoric ester groups is 1. The quantitative estimate of drug-likeness (QED) is 0.0145. The Balaban J connectivity index is 2.40. The first-order valence-electron chi connectivity index (χ1n) is 27.1. The van der Waals surface area contributed by atoms with Gasteiger partial charge in [0.2, 0.25) is 0 Å². The van der Waals surface area contributed by atoms with Crippen LogP contribution in [0.2, 0.25) is 0 Å². The first-order chi connectivity index (χ1) is 33.4. The van der Waals surface area contributed by atoms with E-state index in [0.29, 0.717) is 19.3 Å². The number of hydrogen-bond donors (Lipinski definition) is 6. The topological polar surface area (TPSA) is 210 Å². The highest BCUT2D eigenvalue weighted by atomic mass is 31.2. The van der Waals surface area contributed by atoms with Gasteiger partial charge in [0, 0.05) is 12.8 Å². The first kappa shape index (κ1) is 64.6. The zero-order valence-corrected chi connectivity index (χ0v) is 43.7. The van der Waals surface area contributed by atoms with E-state index in [2.05, 4.69) is 68.5 Å². The van der Waals surface area contributed by atoms with Gasteiger partial charge in [-0.15, -0.1) is 0 Å². The Hall–Kier alpha value is -2.45. The summed E-state index contributed by atoms with van der Waals surface area (Å²) < 4.78 is 33.6. The molecule has 0 heterocycles. The Labute approximate surface area is 417 Å². The molecule has 8 atom stereocenters. The predicted octanol–water partition coefficient (Wildman–Crippen LogP) is 12.1. The summed E-state index contributed by atoms with van der Waals surface area (Å²) in [6.07, 6.45) is 42.8. The van der Waals surface area contributed by atoms with Crippen LogP contribution in [-0.2, 0) is 32.7 Å². The van der Waals surface area contributed by atoms with Crippen LogP contribution in [0.5, 0.6) is 0 Å². The molecule has 1 aliphatic carbocycles. The van der Waals surface area contributed by atoms with Gasteiger partial charge < -0.3 is 39.9 Å². The predicted molar refractivity (Wildman–Crippen MR) is 276 cm³/mol. The molecular formula is C55H97O13P. The van der Waals surface area contributed by atoms with E-state index in [0.717, 1.165) is 57.8 Å². The third kappa shape index (κ3) is 36.2. The molecule has 0 bridgehead atoms. The van der Waals surface area contributed by atoms with Crippen molar-refractivity contribution in [2.75, 3.05) is 13.2 Å². The van der Waals surface area contributed by atoms with E-state index in [1.807, 2.05) is 6.08 Å². The minimum absolute atomic E-state index is 0.0408. The van der Waals surface area contributed by atoms with Gasteiger partial charge in [-0.25, -0.2) is 4.57 Å². The number of aliphatic hydroxyl groups excluding tert-OH is 5. The molecule has 6 N–H and O–H groups in total. The van der Waals surface area contributed by atoms with Crippen LogP contribution >= 0.6 is 7.82 Å². The van der Waals surface area contributed by atoms with E-state index in [1.54, 1.807) is 0 Å². The standard InChI is InChI=1S/C55H97O13P/c1-3-5-7-9-11-13-15-17-19-21-22-23-24-25-26-28-30-32-34-36-38-40-42-44-49(57)67-47(46-66-69(63,64)68-55-53(61)51(59)50(58)52(60)54(55)62)45-65-48(56)43-41-39-37-35-33-31-29-27-20-18-16-14-12-10-8-6-4-2/h8,10,14,16,20,27,31,33,36,38,47,50-55,58-62H,3-7,9,11-13,15,17-19,21-26,28-30,32,34-35,37,39-46H2,1-2H3,(H,63,64)/b10-8+,16-14+,27-20+,33-31+,38-36+/t47-,50?,51-,52?,53?,54?,55?/m1/s1. The van der Waals surface area contributed by atoms with Gasteiger partial charge in [0.05, 0.1) is 6.61 Å². The third-order valence-corrected chi connectivity index (χ3v) is 13.3. The molecule has 0 aliphatic heterocycles. The highest BCUT2D eigenvalue weighted by molar-refractivity contribution is 7.47. The summed E-state index contributed by atoms with van der Waals surface area (Å²) in [6, 6.07) is 0. The van der Waals surface area contributed by atoms with Crippen molar-refractivity contribution in [1.29, 1.82) is 0 Å². The van der Waals surface area contributed by atoms with E-state index in [1.165, 1.54) is 116 Å². The van der Waals surface area contributed by atoms with Crippen molar-refractivity contribution in [2.45, 2.75) is 262 Å². The fourth-order valence-electron chi connectivity index (χ4n) is 7.99. The monoisotopic (exact) mass is 997 g/mol. The molecule has 0 radical (unpaired) electrons. The van der Waals surface area contributed by atoms with Crippen LogP contribution in [0, 0.1) is 0 Å². The summed E-state index contributed by atoms with van der Waals surface area (Å²) in [4.78, 5) is 35.8. The summed E-state index contributed by atoms with van der Waals surface area (Å²) >= 11 is 0. The maximum atomic E-state index is 12.9. The van der Waals surface area contributed by atoms with Crippen LogP contribution in [0.15, 0.2) is 60.8 Å². The molecule has 0 aromatic carbocycles. The maximum absolute atomic E-state index is 12.9. The summed E-state index contributed by atoms with van der Waals surface area (Å²) in [5.41, 5.74) is 0. The van der Waals surface area contributed by atoms with Gasteiger partial charge in [-0.05, 0) is 70.6 Å². The number of carbonyl (C=O) groups excluding carboxylic acids is 2. The number of ether oxygens (including phenoxy) is 2. The largest absolute Gasteiger partial charge is 0.472 e. The average Bonchev–Trinajstić information content (AvgIpc) is 3.33. The van der Waals surface area contributed by atoms with E-state index in [4.69, 9.17) is 18.5 Å². The van der Waals surface area contributed by atoms with Gasteiger partial charge in [-0.2, -0.15) is 0 Å². The Morgan fingerprint density at radius 3 is 1.30 bits per heavy atom. The highest BCUT2D eigenvalue weighted by Gasteiger charge is 2.51. The number of allylic oxidation sites excluding steroid dienone is 10. The van der Waals surface area contributed by atoms with Crippen molar-refractivity contribution in [1.82, 2.24) is 0 Å².